The molecule has 0 saturated carbocycles. The highest BCUT2D eigenvalue weighted by molar-refractivity contribution is 5.42. The van der Waals surface area contributed by atoms with E-state index in [4.69, 9.17) is 0 Å². The fraction of sp³-hybridized carbons (Fsp3) is 0.167. The molecule has 2 rings (SSSR count). The summed E-state index contributed by atoms with van der Waals surface area (Å²) >= 11 is 0. The van der Waals surface area contributed by atoms with Crippen LogP contribution in [0.4, 0.5) is 5.69 Å². The number of nitrogens with one attached hydrogen (secondary N) is 1. The van der Waals surface area contributed by atoms with E-state index in [1.807, 2.05) is 36.4 Å². The molecule has 1 aromatic carbocycles. The maximum atomic E-state index is 4.16. The Morgan fingerprint density at radius 1 is 0.933 bits per heavy atom. The standard InChI is InChI=1S/C12H13N3/c1-2-5-11(6-3-1)13-10-7-12-14-8-4-9-15-12/h1-6,8-9,13H,7,10H2. The fourth-order valence-corrected chi connectivity index (χ4v) is 1.33. The van der Waals surface area contributed by atoms with Gasteiger partial charge in [-0.1, -0.05) is 18.2 Å². The summed E-state index contributed by atoms with van der Waals surface area (Å²) in [5.74, 6) is 0.876. The maximum absolute atomic E-state index is 4.16. The topological polar surface area (TPSA) is 37.8 Å². The van der Waals surface area contributed by atoms with Crippen molar-refractivity contribution >= 4 is 5.69 Å². The van der Waals surface area contributed by atoms with Gasteiger partial charge in [0.1, 0.15) is 5.82 Å². The van der Waals surface area contributed by atoms with Crippen LogP contribution in [0.3, 0.4) is 0 Å². The van der Waals surface area contributed by atoms with Crippen LogP contribution in [0, 0.1) is 0 Å². The van der Waals surface area contributed by atoms with Crippen LogP contribution in [0.25, 0.3) is 0 Å². The second-order valence-corrected chi connectivity index (χ2v) is 3.21. The van der Waals surface area contributed by atoms with Crippen LogP contribution in [-0.2, 0) is 6.42 Å². The third-order valence-electron chi connectivity index (χ3n) is 2.07. The van der Waals surface area contributed by atoms with Gasteiger partial charge in [-0.25, -0.2) is 9.97 Å². The van der Waals surface area contributed by atoms with Crippen molar-refractivity contribution in [3.8, 4) is 0 Å². The van der Waals surface area contributed by atoms with Gasteiger partial charge in [-0.2, -0.15) is 0 Å². The highest BCUT2D eigenvalue weighted by Gasteiger charge is 1.94. The minimum atomic E-state index is 0.843. The molecule has 0 fully saturated rings. The van der Waals surface area contributed by atoms with E-state index in [2.05, 4.69) is 15.3 Å². The quantitative estimate of drug-likeness (QED) is 0.819. The van der Waals surface area contributed by atoms with Crippen LogP contribution in [0.5, 0.6) is 0 Å². The van der Waals surface area contributed by atoms with Gasteiger partial charge in [0.2, 0.25) is 0 Å². The molecule has 0 atom stereocenters. The van der Waals surface area contributed by atoms with E-state index in [0.717, 1.165) is 24.5 Å². The number of aromatic nitrogens is 2. The molecule has 0 bridgehead atoms. The minimum Gasteiger partial charge on any atom is -0.385 e. The Morgan fingerprint density at radius 2 is 1.67 bits per heavy atom. The first kappa shape index (κ1) is 9.65. The molecule has 0 unspecified atom stereocenters. The summed E-state index contributed by atoms with van der Waals surface area (Å²) in [6.07, 6.45) is 4.38. The van der Waals surface area contributed by atoms with Crippen molar-refractivity contribution in [3.63, 3.8) is 0 Å². The number of benzene rings is 1. The van der Waals surface area contributed by atoms with Crippen LogP contribution in [-0.4, -0.2) is 16.5 Å². The molecule has 3 nitrogen and oxygen atoms in total. The Hall–Kier alpha value is -1.90. The largest absolute Gasteiger partial charge is 0.385 e. The lowest BCUT2D eigenvalue weighted by Crippen LogP contribution is -2.06. The number of nitrogens with zero attached hydrogens (tertiary/aromatic N) is 2. The Morgan fingerprint density at radius 3 is 2.40 bits per heavy atom. The number of hydrogen-bond acceptors (Lipinski definition) is 3. The van der Waals surface area contributed by atoms with Gasteiger partial charge in [0.25, 0.3) is 0 Å². The van der Waals surface area contributed by atoms with Gasteiger partial charge in [-0.05, 0) is 18.2 Å². The molecule has 0 aliphatic rings. The molecule has 3 heteroatoms. The predicted molar refractivity (Wildman–Crippen MR) is 60.7 cm³/mol. The van der Waals surface area contributed by atoms with Gasteiger partial charge in [0.15, 0.2) is 0 Å². The van der Waals surface area contributed by atoms with E-state index in [1.165, 1.54) is 0 Å². The van der Waals surface area contributed by atoms with E-state index < -0.39 is 0 Å². The van der Waals surface area contributed by atoms with Gasteiger partial charge in [0.05, 0.1) is 0 Å². The first-order valence-electron chi connectivity index (χ1n) is 5.00. The van der Waals surface area contributed by atoms with Gasteiger partial charge >= 0.3 is 0 Å². The van der Waals surface area contributed by atoms with Crippen molar-refractivity contribution in [1.82, 2.24) is 9.97 Å². The van der Waals surface area contributed by atoms with Crippen molar-refractivity contribution in [1.29, 1.82) is 0 Å². The molecule has 0 amide bonds. The molecule has 0 radical (unpaired) electrons. The summed E-state index contributed by atoms with van der Waals surface area (Å²) in [6.45, 7) is 0.855. The zero-order valence-corrected chi connectivity index (χ0v) is 8.43. The Kier molecular flexibility index (Phi) is 3.28. The lowest BCUT2D eigenvalue weighted by atomic mass is 10.3. The zero-order chi connectivity index (χ0) is 10.3. The van der Waals surface area contributed by atoms with E-state index >= 15 is 0 Å². The lowest BCUT2D eigenvalue weighted by molar-refractivity contribution is 0.893. The molecular formula is C12H13N3. The highest BCUT2D eigenvalue weighted by Crippen LogP contribution is 2.04. The molecule has 76 valence electrons. The first-order chi connectivity index (χ1) is 7.45. The van der Waals surface area contributed by atoms with Crippen LogP contribution >= 0.6 is 0 Å². The Balaban J connectivity index is 1.81. The van der Waals surface area contributed by atoms with E-state index in [9.17, 15) is 0 Å². The van der Waals surface area contributed by atoms with Gasteiger partial charge < -0.3 is 5.32 Å². The van der Waals surface area contributed by atoms with Crippen molar-refractivity contribution in [2.75, 3.05) is 11.9 Å². The van der Waals surface area contributed by atoms with Crippen LogP contribution < -0.4 is 5.32 Å². The van der Waals surface area contributed by atoms with Crippen molar-refractivity contribution in [2.24, 2.45) is 0 Å². The van der Waals surface area contributed by atoms with Crippen molar-refractivity contribution in [2.45, 2.75) is 6.42 Å². The molecule has 1 heterocycles. The SMILES string of the molecule is c1ccc(NCCc2ncccn2)cc1. The maximum Gasteiger partial charge on any atom is 0.129 e. The Bertz CT molecular complexity index is 347. The molecule has 0 aliphatic heterocycles. The smallest absolute Gasteiger partial charge is 0.129 e. The van der Waals surface area contributed by atoms with Gasteiger partial charge in [0, 0.05) is 31.0 Å². The van der Waals surface area contributed by atoms with Gasteiger partial charge in [-0.3, -0.25) is 0 Å². The lowest BCUT2D eigenvalue weighted by Gasteiger charge is -2.04. The highest BCUT2D eigenvalue weighted by atomic mass is 14.9. The molecule has 0 spiro atoms. The summed E-state index contributed by atoms with van der Waals surface area (Å²) in [7, 11) is 0. The fourth-order valence-electron chi connectivity index (χ4n) is 1.33. The number of hydrogen-bond donors (Lipinski definition) is 1. The average Bonchev–Trinajstić information content (AvgIpc) is 2.32. The number of para-hydroxylation sites is 1. The van der Waals surface area contributed by atoms with Crippen molar-refractivity contribution < 1.29 is 0 Å². The van der Waals surface area contributed by atoms with E-state index in [1.54, 1.807) is 12.4 Å². The molecule has 0 saturated heterocycles. The average molecular weight is 199 g/mol. The molecule has 1 N–H and O–H groups in total. The summed E-state index contributed by atoms with van der Waals surface area (Å²) in [6, 6.07) is 12.0. The number of anilines is 1. The summed E-state index contributed by atoms with van der Waals surface area (Å²) in [4.78, 5) is 8.32. The predicted octanol–water partition coefficient (Wildman–Crippen LogP) is 2.13. The molecule has 1 aromatic heterocycles. The summed E-state index contributed by atoms with van der Waals surface area (Å²) in [5.41, 5.74) is 1.13. The Labute approximate surface area is 89.2 Å². The van der Waals surface area contributed by atoms with Crippen LogP contribution in [0.2, 0.25) is 0 Å². The van der Waals surface area contributed by atoms with Gasteiger partial charge in [-0.15, -0.1) is 0 Å². The van der Waals surface area contributed by atoms with E-state index in [-0.39, 0.29) is 0 Å². The summed E-state index contributed by atoms with van der Waals surface area (Å²) in [5, 5.41) is 3.31. The van der Waals surface area contributed by atoms with Crippen molar-refractivity contribution in [3.05, 3.63) is 54.6 Å². The second-order valence-electron chi connectivity index (χ2n) is 3.21. The molecule has 0 aliphatic carbocycles. The third kappa shape index (κ3) is 3.06. The molecule has 2 aromatic rings. The van der Waals surface area contributed by atoms with E-state index in [0.29, 0.717) is 0 Å². The first-order valence-corrected chi connectivity index (χ1v) is 5.00. The zero-order valence-electron chi connectivity index (χ0n) is 8.43. The molecule has 15 heavy (non-hydrogen) atoms. The normalized spacial score (nSPS) is 9.87. The second kappa shape index (κ2) is 5.10. The minimum absolute atomic E-state index is 0.843. The van der Waals surface area contributed by atoms with Crippen LogP contribution in [0.1, 0.15) is 5.82 Å². The third-order valence-corrected chi connectivity index (χ3v) is 2.07. The number of rotatable bonds is 4. The van der Waals surface area contributed by atoms with Crippen LogP contribution in [0.15, 0.2) is 48.8 Å². The monoisotopic (exact) mass is 199 g/mol. The summed E-state index contributed by atoms with van der Waals surface area (Å²) < 4.78 is 0. The molecular weight excluding hydrogens is 186 g/mol.